The van der Waals surface area contributed by atoms with Crippen LogP contribution in [0.3, 0.4) is 0 Å². The van der Waals surface area contributed by atoms with Gasteiger partial charge in [-0.3, -0.25) is 19.5 Å². The number of fused-ring (bicyclic) bond motifs is 5. The first-order chi connectivity index (χ1) is 16.9. The number of H-pyrrole nitrogens is 1. The number of aromatic amines is 1. The van der Waals surface area contributed by atoms with Gasteiger partial charge in [0.05, 0.1) is 23.8 Å². The summed E-state index contributed by atoms with van der Waals surface area (Å²) in [6.45, 7) is 0.653. The molecule has 2 aromatic rings. The number of aromatic nitrogens is 2. The standard InChI is InChI=1S/C25H26FN5O4/c26-19-20(11-5-6-11)28-29-21(19)24(34)31-17-7-12(8-18(17)32)22(31)25(35)30-9-14-13-3-1-2-4-16(13)27-23(33)15(14)10-30/h1-4,11-12,14-15,17-18,22,32H,5-10H2,(H,27,33)(H,28,29)/t12?,14-,15+,17?,18+,22-/m1/s1. The first-order valence-corrected chi connectivity index (χ1v) is 12.4. The molecule has 7 rings (SSSR count). The molecule has 6 atom stereocenters. The predicted molar refractivity (Wildman–Crippen MR) is 121 cm³/mol. The fourth-order valence-corrected chi connectivity index (χ4v) is 6.78. The molecule has 35 heavy (non-hydrogen) atoms. The molecule has 2 unspecified atom stereocenters. The van der Waals surface area contributed by atoms with Crippen molar-refractivity contribution in [2.45, 2.75) is 55.7 Å². The van der Waals surface area contributed by atoms with E-state index in [-0.39, 0.29) is 47.7 Å². The number of likely N-dealkylation sites (tertiary alicyclic amines) is 2. The smallest absolute Gasteiger partial charge is 0.278 e. The van der Waals surface area contributed by atoms with E-state index in [4.69, 9.17) is 0 Å². The number of aliphatic hydroxyl groups is 1. The number of anilines is 1. The molecule has 9 nitrogen and oxygen atoms in total. The van der Waals surface area contributed by atoms with Crippen LogP contribution in [0.2, 0.25) is 0 Å². The maximum absolute atomic E-state index is 15.0. The topological polar surface area (TPSA) is 119 Å². The maximum atomic E-state index is 15.0. The Labute approximate surface area is 200 Å². The number of benzene rings is 1. The van der Waals surface area contributed by atoms with Crippen molar-refractivity contribution >= 4 is 23.4 Å². The Hall–Kier alpha value is -3.27. The molecule has 0 radical (unpaired) electrons. The second-order valence-corrected chi connectivity index (χ2v) is 10.6. The van der Waals surface area contributed by atoms with Crippen LogP contribution in [0.4, 0.5) is 10.1 Å². The minimum atomic E-state index is -0.796. The maximum Gasteiger partial charge on any atom is 0.278 e. The largest absolute Gasteiger partial charge is 0.391 e. The van der Waals surface area contributed by atoms with Gasteiger partial charge in [-0.2, -0.15) is 5.10 Å². The molecule has 2 saturated heterocycles. The zero-order chi connectivity index (χ0) is 24.0. The van der Waals surface area contributed by atoms with E-state index in [1.165, 1.54) is 4.90 Å². The Balaban J connectivity index is 1.18. The van der Waals surface area contributed by atoms with Gasteiger partial charge in [-0.25, -0.2) is 4.39 Å². The number of amides is 3. The van der Waals surface area contributed by atoms with Crippen LogP contribution in [0.1, 0.15) is 59.3 Å². The summed E-state index contributed by atoms with van der Waals surface area (Å²) in [5.41, 5.74) is 1.81. The average molecular weight is 480 g/mol. The zero-order valence-corrected chi connectivity index (χ0v) is 19.0. The predicted octanol–water partition coefficient (Wildman–Crippen LogP) is 1.58. The molecule has 5 aliphatic rings. The van der Waals surface area contributed by atoms with Crippen LogP contribution in [0.5, 0.6) is 0 Å². The van der Waals surface area contributed by atoms with E-state index in [0.29, 0.717) is 25.1 Å². The van der Waals surface area contributed by atoms with E-state index in [2.05, 4.69) is 15.5 Å². The molecule has 1 aromatic heterocycles. The van der Waals surface area contributed by atoms with Crippen LogP contribution in [0.15, 0.2) is 24.3 Å². The fourth-order valence-electron chi connectivity index (χ4n) is 6.78. The lowest BCUT2D eigenvalue weighted by Gasteiger charge is -2.38. The number of para-hydroxylation sites is 1. The van der Waals surface area contributed by atoms with Gasteiger partial charge in [-0.15, -0.1) is 0 Å². The summed E-state index contributed by atoms with van der Waals surface area (Å²) in [6, 6.07) is 6.28. The molecule has 4 fully saturated rings. The minimum absolute atomic E-state index is 0.0593. The Morgan fingerprint density at radius 2 is 1.89 bits per heavy atom. The lowest BCUT2D eigenvalue weighted by Crippen LogP contribution is -2.57. The second-order valence-electron chi connectivity index (χ2n) is 10.6. The SMILES string of the molecule is O=C1Nc2ccccc2[C@H]2CN(C(=O)[C@H]3C4CC([C@@H](O)C4)N3C(=O)c3n[nH]c(C4CC4)c3F)C[C@H]12. The molecule has 2 bridgehead atoms. The van der Waals surface area contributed by atoms with Crippen molar-refractivity contribution in [3.63, 3.8) is 0 Å². The van der Waals surface area contributed by atoms with E-state index in [9.17, 15) is 19.5 Å². The van der Waals surface area contributed by atoms with E-state index in [0.717, 1.165) is 24.1 Å². The van der Waals surface area contributed by atoms with Crippen LogP contribution in [-0.2, 0) is 9.59 Å². The number of piperidine rings is 1. The van der Waals surface area contributed by atoms with Crippen LogP contribution >= 0.6 is 0 Å². The molecule has 2 saturated carbocycles. The summed E-state index contributed by atoms with van der Waals surface area (Å²) >= 11 is 0. The number of aliphatic hydroxyl groups excluding tert-OH is 1. The van der Waals surface area contributed by atoms with Crippen molar-refractivity contribution in [3.05, 3.63) is 47.0 Å². The molecular weight excluding hydrogens is 453 g/mol. The Morgan fingerprint density at radius 3 is 2.69 bits per heavy atom. The lowest BCUT2D eigenvalue weighted by atomic mass is 9.84. The van der Waals surface area contributed by atoms with Gasteiger partial charge in [0.25, 0.3) is 5.91 Å². The van der Waals surface area contributed by atoms with Gasteiger partial charge < -0.3 is 20.2 Å². The Kier molecular flexibility index (Phi) is 4.43. The average Bonchev–Trinajstić information content (AvgIpc) is 3.18. The zero-order valence-electron chi connectivity index (χ0n) is 19.0. The van der Waals surface area contributed by atoms with Crippen molar-refractivity contribution in [1.82, 2.24) is 20.0 Å². The van der Waals surface area contributed by atoms with E-state index < -0.39 is 29.9 Å². The number of halogens is 1. The normalized spacial score (nSPS) is 33.0. The summed E-state index contributed by atoms with van der Waals surface area (Å²) < 4.78 is 15.0. The van der Waals surface area contributed by atoms with E-state index in [1.54, 1.807) is 4.90 Å². The number of carbonyl (C=O) groups excluding carboxylic acids is 3. The summed E-state index contributed by atoms with van der Waals surface area (Å²) in [6.07, 6.45) is 1.88. The Morgan fingerprint density at radius 1 is 1.11 bits per heavy atom. The van der Waals surface area contributed by atoms with Gasteiger partial charge in [-0.1, -0.05) is 18.2 Å². The highest BCUT2D eigenvalue weighted by Crippen LogP contribution is 2.47. The van der Waals surface area contributed by atoms with E-state index in [1.807, 2.05) is 24.3 Å². The second kappa shape index (κ2) is 7.36. The molecule has 182 valence electrons. The highest BCUT2D eigenvalue weighted by Gasteiger charge is 2.58. The van der Waals surface area contributed by atoms with Gasteiger partial charge in [0, 0.05) is 30.6 Å². The number of rotatable bonds is 3. The number of nitrogens with one attached hydrogen (secondary N) is 2. The first-order valence-electron chi connectivity index (χ1n) is 12.4. The number of nitrogens with zero attached hydrogens (tertiary/aromatic N) is 3. The molecule has 1 aromatic carbocycles. The molecule has 3 amide bonds. The highest BCUT2D eigenvalue weighted by atomic mass is 19.1. The van der Waals surface area contributed by atoms with Gasteiger partial charge in [-0.05, 0) is 43.2 Å². The molecular formula is C25H26FN5O4. The van der Waals surface area contributed by atoms with Crippen LogP contribution in [-0.4, -0.2) is 74.1 Å². The third kappa shape index (κ3) is 3.01. The van der Waals surface area contributed by atoms with Gasteiger partial charge >= 0.3 is 0 Å². The monoisotopic (exact) mass is 479 g/mol. The van der Waals surface area contributed by atoms with Crippen molar-refractivity contribution < 1.29 is 23.9 Å². The number of hydrogen-bond acceptors (Lipinski definition) is 5. The van der Waals surface area contributed by atoms with Crippen molar-refractivity contribution in [2.24, 2.45) is 11.8 Å². The van der Waals surface area contributed by atoms with Crippen LogP contribution in [0.25, 0.3) is 0 Å². The van der Waals surface area contributed by atoms with Gasteiger partial charge in [0.2, 0.25) is 11.8 Å². The lowest BCUT2D eigenvalue weighted by molar-refractivity contribution is -0.138. The highest BCUT2D eigenvalue weighted by molar-refractivity contribution is 6.00. The molecule has 10 heteroatoms. The number of carbonyl (C=O) groups is 3. The van der Waals surface area contributed by atoms with E-state index >= 15 is 4.39 Å². The van der Waals surface area contributed by atoms with Crippen LogP contribution < -0.4 is 5.32 Å². The van der Waals surface area contributed by atoms with Crippen molar-refractivity contribution in [2.75, 3.05) is 18.4 Å². The van der Waals surface area contributed by atoms with Gasteiger partial charge in [0.15, 0.2) is 11.5 Å². The summed E-state index contributed by atoms with van der Waals surface area (Å²) in [5, 5.41) is 20.1. The quantitative estimate of drug-likeness (QED) is 0.618. The summed E-state index contributed by atoms with van der Waals surface area (Å²) in [7, 11) is 0. The van der Waals surface area contributed by atoms with Gasteiger partial charge in [0.1, 0.15) is 6.04 Å². The molecule has 2 aliphatic carbocycles. The molecule has 0 spiro atoms. The Bertz CT molecular complexity index is 1260. The summed E-state index contributed by atoms with van der Waals surface area (Å²) in [4.78, 5) is 43.2. The molecule has 4 heterocycles. The fraction of sp³-hybridized carbons (Fsp3) is 0.520. The number of hydrogen-bond donors (Lipinski definition) is 3. The first kappa shape index (κ1) is 21.0. The minimum Gasteiger partial charge on any atom is -0.391 e. The third-order valence-electron chi connectivity index (χ3n) is 8.63. The third-order valence-corrected chi connectivity index (χ3v) is 8.63. The summed E-state index contributed by atoms with van der Waals surface area (Å²) in [5.74, 6) is -2.27. The molecule has 3 aliphatic heterocycles. The molecule has 3 N–H and O–H groups in total. The van der Waals surface area contributed by atoms with Crippen molar-refractivity contribution in [1.29, 1.82) is 0 Å². The van der Waals surface area contributed by atoms with Crippen LogP contribution in [0, 0.1) is 17.7 Å². The van der Waals surface area contributed by atoms with Crippen molar-refractivity contribution in [3.8, 4) is 0 Å².